The molecule has 2 aromatic heterocycles. The molecule has 0 atom stereocenters. The maximum atomic E-state index is 12.1. The van der Waals surface area contributed by atoms with Gasteiger partial charge in [-0.05, 0) is 23.6 Å². The zero-order chi connectivity index (χ0) is 13.2. The highest BCUT2D eigenvalue weighted by Crippen LogP contribution is 2.23. The first-order valence-electron chi connectivity index (χ1n) is 5.03. The van der Waals surface area contributed by atoms with Crippen molar-refractivity contribution in [2.45, 2.75) is 18.0 Å². The van der Waals surface area contributed by atoms with Crippen molar-refractivity contribution in [3.63, 3.8) is 0 Å². The van der Waals surface area contributed by atoms with Gasteiger partial charge in [-0.1, -0.05) is 11.6 Å². The summed E-state index contributed by atoms with van der Waals surface area (Å²) in [6, 6.07) is 5.11. The Morgan fingerprint density at radius 3 is 2.72 bits per heavy atom. The average molecular weight is 323 g/mol. The van der Waals surface area contributed by atoms with Gasteiger partial charge in [-0.15, -0.1) is 22.7 Å². The van der Waals surface area contributed by atoms with Gasteiger partial charge in [-0.2, -0.15) is 0 Å². The Balaban J connectivity index is 2.13. The zero-order valence-electron chi connectivity index (χ0n) is 9.22. The van der Waals surface area contributed by atoms with Gasteiger partial charge in [0.2, 0.25) is 10.0 Å². The predicted octanol–water partition coefficient (Wildman–Crippen LogP) is 2.40. The largest absolute Gasteiger partial charge is 0.326 e. The smallest absolute Gasteiger partial charge is 0.242 e. The first-order valence-corrected chi connectivity index (χ1v) is 8.59. The van der Waals surface area contributed by atoms with Crippen LogP contribution in [0.15, 0.2) is 28.5 Å². The second-order valence-corrected chi connectivity index (χ2v) is 7.98. The van der Waals surface area contributed by atoms with Crippen LogP contribution < -0.4 is 10.5 Å². The first-order chi connectivity index (χ1) is 8.53. The number of hydrogen-bond donors (Lipinski definition) is 2. The Morgan fingerprint density at radius 2 is 2.11 bits per heavy atom. The molecular formula is C10H11ClN2O2S3. The standard InChI is InChI=1S/C10H11ClN2O2S3/c11-10-2-1-7(17-10)6-13-18(14,15)9-3-4-16-8(9)5-12/h1-4,13H,5-6,12H2. The fraction of sp³-hybridized carbons (Fsp3) is 0.200. The van der Waals surface area contributed by atoms with Crippen LogP contribution in [0.2, 0.25) is 4.34 Å². The van der Waals surface area contributed by atoms with Crippen molar-refractivity contribution in [2.75, 3.05) is 0 Å². The Labute approximate surface area is 118 Å². The lowest BCUT2D eigenvalue weighted by Gasteiger charge is -2.05. The third-order valence-electron chi connectivity index (χ3n) is 2.24. The monoisotopic (exact) mass is 322 g/mol. The topological polar surface area (TPSA) is 72.2 Å². The minimum absolute atomic E-state index is 0.221. The summed E-state index contributed by atoms with van der Waals surface area (Å²) in [4.78, 5) is 1.79. The normalized spacial score (nSPS) is 11.9. The maximum absolute atomic E-state index is 12.1. The molecule has 0 aromatic carbocycles. The Morgan fingerprint density at radius 1 is 1.33 bits per heavy atom. The molecule has 18 heavy (non-hydrogen) atoms. The van der Waals surface area contributed by atoms with Crippen LogP contribution in [-0.4, -0.2) is 8.42 Å². The molecule has 98 valence electrons. The van der Waals surface area contributed by atoms with Gasteiger partial charge in [-0.25, -0.2) is 13.1 Å². The predicted molar refractivity (Wildman–Crippen MR) is 75.6 cm³/mol. The third kappa shape index (κ3) is 3.11. The molecule has 0 bridgehead atoms. The highest BCUT2D eigenvalue weighted by molar-refractivity contribution is 7.89. The maximum Gasteiger partial charge on any atom is 0.242 e. The molecule has 0 saturated heterocycles. The van der Waals surface area contributed by atoms with E-state index in [-0.39, 0.29) is 18.0 Å². The van der Waals surface area contributed by atoms with Crippen LogP contribution in [0.5, 0.6) is 0 Å². The van der Waals surface area contributed by atoms with Crippen LogP contribution in [0.4, 0.5) is 0 Å². The molecule has 4 nitrogen and oxygen atoms in total. The minimum atomic E-state index is -3.50. The lowest BCUT2D eigenvalue weighted by Crippen LogP contribution is -2.23. The number of halogens is 1. The van der Waals surface area contributed by atoms with E-state index in [1.165, 1.54) is 22.7 Å². The van der Waals surface area contributed by atoms with Gasteiger partial charge >= 0.3 is 0 Å². The molecule has 0 aliphatic carbocycles. The van der Waals surface area contributed by atoms with Crippen LogP contribution in [0.3, 0.4) is 0 Å². The quantitative estimate of drug-likeness (QED) is 0.888. The van der Waals surface area contributed by atoms with E-state index in [2.05, 4.69) is 4.72 Å². The van der Waals surface area contributed by atoms with Gasteiger partial charge < -0.3 is 5.73 Å². The SMILES string of the molecule is NCc1sccc1S(=O)(=O)NCc1ccc(Cl)s1. The van der Waals surface area contributed by atoms with E-state index in [0.29, 0.717) is 9.21 Å². The fourth-order valence-electron chi connectivity index (χ4n) is 1.41. The highest BCUT2D eigenvalue weighted by atomic mass is 35.5. The van der Waals surface area contributed by atoms with Crippen molar-refractivity contribution in [1.82, 2.24) is 4.72 Å². The molecule has 0 unspecified atom stereocenters. The Bertz CT molecular complexity index is 633. The molecule has 2 rings (SSSR count). The molecule has 0 fully saturated rings. The molecule has 0 aliphatic heterocycles. The van der Waals surface area contributed by atoms with Crippen molar-refractivity contribution in [3.05, 3.63) is 37.7 Å². The second kappa shape index (κ2) is 5.68. The summed E-state index contributed by atoms with van der Waals surface area (Å²) in [6.45, 7) is 0.457. The van der Waals surface area contributed by atoms with E-state index >= 15 is 0 Å². The molecule has 8 heteroatoms. The molecule has 0 amide bonds. The second-order valence-electron chi connectivity index (χ2n) is 3.44. The summed E-state index contributed by atoms with van der Waals surface area (Å²) in [7, 11) is -3.50. The number of sulfonamides is 1. The lowest BCUT2D eigenvalue weighted by molar-refractivity contribution is 0.581. The van der Waals surface area contributed by atoms with Crippen LogP contribution in [0.25, 0.3) is 0 Å². The van der Waals surface area contributed by atoms with E-state index < -0.39 is 10.0 Å². The zero-order valence-corrected chi connectivity index (χ0v) is 12.4. The van der Waals surface area contributed by atoms with Gasteiger partial charge in [-0.3, -0.25) is 0 Å². The minimum Gasteiger partial charge on any atom is -0.326 e. The van der Waals surface area contributed by atoms with Crippen molar-refractivity contribution in [3.8, 4) is 0 Å². The van der Waals surface area contributed by atoms with E-state index in [9.17, 15) is 8.42 Å². The Hall–Kier alpha value is -0.440. The molecule has 0 saturated carbocycles. The third-order valence-corrected chi connectivity index (χ3v) is 6.03. The molecular weight excluding hydrogens is 312 g/mol. The van der Waals surface area contributed by atoms with E-state index in [0.717, 1.165) is 4.88 Å². The summed E-state index contributed by atoms with van der Waals surface area (Å²) in [5, 5.41) is 1.72. The molecule has 2 aromatic rings. The summed E-state index contributed by atoms with van der Waals surface area (Å²) >= 11 is 8.48. The van der Waals surface area contributed by atoms with E-state index in [1.54, 1.807) is 23.6 Å². The molecule has 0 aliphatic rings. The highest BCUT2D eigenvalue weighted by Gasteiger charge is 2.18. The number of hydrogen-bond acceptors (Lipinski definition) is 5. The average Bonchev–Trinajstić information content (AvgIpc) is 2.95. The lowest BCUT2D eigenvalue weighted by atomic mass is 10.5. The van der Waals surface area contributed by atoms with Gasteiger partial charge in [0, 0.05) is 22.8 Å². The van der Waals surface area contributed by atoms with Gasteiger partial charge in [0.25, 0.3) is 0 Å². The Kier molecular flexibility index (Phi) is 4.41. The van der Waals surface area contributed by atoms with E-state index in [1.807, 2.05) is 0 Å². The molecule has 0 spiro atoms. The number of thiophene rings is 2. The van der Waals surface area contributed by atoms with Crippen LogP contribution in [0.1, 0.15) is 9.75 Å². The summed E-state index contributed by atoms with van der Waals surface area (Å²) < 4.78 is 27.3. The molecule has 2 heterocycles. The molecule has 0 radical (unpaired) electrons. The summed E-state index contributed by atoms with van der Waals surface area (Å²) in [5.41, 5.74) is 5.51. The molecule has 3 N–H and O–H groups in total. The van der Waals surface area contributed by atoms with Crippen molar-refractivity contribution in [2.24, 2.45) is 5.73 Å². The van der Waals surface area contributed by atoms with Crippen molar-refractivity contribution < 1.29 is 8.42 Å². The van der Waals surface area contributed by atoms with Crippen molar-refractivity contribution >= 4 is 44.3 Å². The first kappa shape index (κ1) is 14.0. The number of nitrogens with two attached hydrogens (primary N) is 1. The summed E-state index contributed by atoms with van der Waals surface area (Å²) in [5.74, 6) is 0. The number of nitrogens with one attached hydrogen (secondary N) is 1. The van der Waals surface area contributed by atoms with Gasteiger partial charge in [0.1, 0.15) is 0 Å². The van der Waals surface area contributed by atoms with Gasteiger partial charge in [0.05, 0.1) is 9.23 Å². The van der Waals surface area contributed by atoms with Crippen LogP contribution in [-0.2, 0) is 23.1 Å². The fourth-order valence-corrected chi connectivity index (χ4v) is 4.87. The number of rotatable bonds is 5. The van der Waals surface area contributed by atoms with Crippen molar-refractivity contribution in [1.29, 1.82) is 0 Å². The van der Waals surface area contributed by atoms with Crippen LogP contribution in [0, 0.1) is 0 Å². The van der Waals surface area contributed by atoms with Crippen LogP contribution >= 0.6 is 34.3 Å². The van der Waals surface area contributed by atoms with E-state index in [4.69, 9.17) is 17.3 Å². The summed E-state index contributed by atoms with van der Waals surface area (Å²) in [6.07, 6.45) is 0. The van der Waals surface area contributed by atoms with Gasteiger partial charge in [0.15, 0.2) is 0 Å².